The summed E-state index contributed by atoms with van der Waals surface area (Å²) in [5.41, 5.74) is 0. The van der Waals surface area contributed by atoms with Gasteiger partial charge in [0.25, 0.3) is 0 Å². The van der Waals surface area contributed by atoms with Gasteiger partial charge < -0.3 is 4.74 Å². The minimum Gasteiger partial charge on any atom is -0.495 e. The van der Waals surface area contributed by atoms with Crippen LogP contribution in [0.15, 0.2) is 11.8 Å². The zero-order valence-electron chi connectivity index (χ0n) is 11.4. The van der Waals surface area contributed by atoms with Gasteiger partial charge >= 0.3 is 0 Å². The summed E-state index contributed by atoms with van der Waals surface area (Å²) in [5, 5.41) is 0. The highest BCUT2D eigenvalue weighted by Crippen LogP contribution is 2.28. The van der Waals surface area contributed by atoms with Crippen LogP contribution >= 0.6 is 0 Å². The Hall–Kier alpha value is -0.460. The first-order chi connectivity index (χ1) is 8.34. The van der Waals surface area contributed by atoms with E-state index in [-0.39, 0.29) is 0 Å². The molecule has 98 valence electrons. The molecular weight excluding hydrogens is 208 g/mol. The van der Waals surface area contributed by atoms with Gasteiger partial charge in [-0.1, -0.05) is 45.4 Å². The number of ether oxygens (including phenoxy) is 1. The van der Waals surface area contributed by atoms with E-state index in [1.807, 2.05) is 0 Å². The van der Waals surface area contributed by atoms with Crippen LogP contribution < -0.4 is 0 Å². The summed E-state index contributed by atoms with van der Waals surface area (Å²) in [6.45, 7) is 2.34. The Labute approximate surface area is 107 Å². The normalized spacial score (nSPS) is 32.4. The van der Waals surface area contributed by atoms with Crippen molar-refractivity contribution in [2.24, 2.45) is 5.92 Å². The van der Waals surface area contributed by atoms with E-state index < -0.39 is 0 Å². The first-order valence-electron chi connectivity index (χ1n) is 7.72. The average Bonchev–Trinajstić information content (AvgIpc) is 2.31. The molecule has 1 heteroatoms. The highest BCUT2D eigenvalue weighted by molar-refractivity contribution is 5.01. The van der Waals surface area contributed by atoms with E-state index in [2.05, 4.69) is 13.0 Å². The zero-order chi connectivity index (χ0) is 11.9. The Morgan fingerprint density at radius 1 is 0.941 bits per heavy atom. The highest BCUT2D eigenvalue weighted by atomic mass is 16.5. The molecule has 0 radical (unpaired) electrons. The predicted octanol–water partition coefficient (Wildman–Crippen LogP) is 5.21. The summed E-state index contributed by atoms with van der Waals surface area (Å²) in [6, 6.07) is 0. The van der Waals surface area contributed by atoms with Gasteiger partial charge in [-0.3, -0.25) is 0 Å². The molecule has 17 heavy (non-hydrogen) atoms. The van der Waals surface area contributed by atoms with Gasteiger partial charge in [-0.15, -0.1) is 0 Å². The van der Waals surface area contributed by atoms with Crippen LogP contribution in [0.1, 0.15) is 77.6 Å². The van der Waals surface area contributed by atoms with E-state index >= 15 is 0 Å². The lowest BCUT2D eigenvalue weighted by Gasteiger charge is -2.28. The minimum atomic E-state index is 0.519. The van der Waals surface area contributed by atoms with E-state index in [1.165, 1.54) is 76.4 Å². The number of hydrogen-bond acceptors (Lipinski definition) is 1. The SMILES string of the molecule is CC1C=C2CCCCCCCCCCC(C1)O2. The Morgan fingerprint density at radius 3 is 2.35 bits per heavy atom. The van der Waals surface area contributed by atoms with E-state index in [9.17, 15) is 0 Å². The highest BCUT2D eigenvalue weighted by Gasteiger charge is 2.20. The van der Waals surface area contributed by atoms with Crippen molar-refractivity contribution in [2.45, 2.75) is 83.7 Å². The molecule has 0 amide bonds. The summed E-state index contributed by atoms with van der Waals surface area (Å²) in [4.78, 5) is 0. The average molecular weight is 236 g/mol. The van der Waals surface area contributed by atoms with Gasteiger partial charge in [0, 0.05) is 6.42 Å². The molecule has 0 N–H and O–H groups in total. The molecule has 0 aromatic heterocycles. The van der Waals surface area contributed by atoms with Crippen molar-refractivity contribution in [3.63, 3.8) is 0 Å². The Balaban J connectivity index is 1.88. The van der Waals surface area contributed by atoms with Crippen LogP contribution in [0, 0.1) is 5.92 Å². The molecule has 1 nitrogen and oxygen atoms in total. The summed E-state index contributed by atoms with van der Waals surface area (Å²) >= 11 is 0. The van der Waals surface area contributed by atoms with E-state index in [4.69, 9.17) is 4.74 Å². The van der Waals surface area contributed by atoms with Crippen LogP contribution in [0.5, 0.6) is 0 Å². The van der Waals surface area contributed by atoms with Crippen molar-refractivity contribution in [3.8, 4) is 0 Å². The molecule has 2 atom stereocenters. The minimum absolute atomic E-state index is 0.519. The van der Waals surface area contributed by atoms with Crippen molar-refractivity contribution in [3.05, 3.63) is 11.8 Å². The molecule has 0 aliphatic carbocycles. The van der Waals surface area contributed by atoms with Gasteiger partial charge in [-0.05, 0) is 37.7 Å². The third kappa shape index (κ3) is 4.73. The second-order valence-corrected chi connectivity index (χ2v) is 5.95. The number of rotatable bonds is 0. The number of hydrogen-bond donors (Lipinski definition) is 0. The largest absolute Gasteiger partial charge is 0.495 e. The van der Waals surface area contributed by atoms with Crippen LogP contribution in [0.3, 0.4) is 0 Å². The fourth-order valence-electron chi connectivity index (χ4n) is 3.15. The lowest BCUT2D eigenvalue weighted by atomic mass is 9.95. The topological polar surface area (TPSA) is 9.23 Å². The summed E-state index contributed by atoms with van der Waals surface area (Å²) in [7, 11) is 0. The van der Waals surface area contributed by atoms with Gasteiger partial charge in [0.05, 0.1) is 11.9 Å². The maximum atomic E-state index is 6.13. The Kier molecular flexibility index (Phi) is 5.41. The van der Waals surface area contributed by atoms with Crippen molar-refractivity contribution in [1.82, 2.24) is 0 Å². The van der Waals surface area contributed by atoms with Crippen molar-refractivity contribution in [2.75, 3.05) is 0 Å². The van der Waals surface area contributed by atoms with Gasteiger partial charge in [0.1, 0.15) is 0 Å². The quantitative estimate of drug-likeness (QED) is 0.561. The van der Waals surface area contributed by atoms with Crippen LogP contribution in [-0.4, -0.2) is 6.10 Å². The summed E-state index contributed by atoms with van der Waals surface area (Å²) < 4.78 is 6.13. The Morgan fingerprint density at radius 2 is 1.59 bits per heavy atom. The molecule has 2 rings (SSSR count). The third-order valence-electron chi connectivity index (χ3n) is 4.12. The summed E-state index contributed by atoms with van der Waals surface area (Å²) in [6.07, 6.45) is 17.8. The molecule has 2 bridgehead atoms. The zero-order valence-corrected chi connectivity index (χ0v) is 11.4. The van der Waals surface area contributed by atoms with E-state index in [1.54, 1.807) is 0 Å². The van der Waals surface area contributed by atoms with Crippen molar-refractivity contribution in [1.29, 1.82) is 0 Å². The lowest BCUT2D eigenvalue weighted by Crippen LogP contribution is -2.20. The second kappa shape index (κ2) is 7.08. The van der Waals surface area contributed by atoms with Crippen LogP contribution in [0.25, 0.3) is 0 Å². The second-order valence-electron chi connectivity index (χ2n) is 5.95. The molecule has 1 fully saturated rings. The van der Waals surface area contributed by atoms with Gasteiger partial charge in [0.2, 0.25) is 0 Å². The molecule has 2 aliphatic rings. The van der Waals surface area contributed by atoms with Crippen LogP contribution in [-0.2, 0) is 4.74 Å². The van der Waals surface area contributed by atoms with Gasteiger partial charge in [-0.2, -0.15) is 0 Å². The smallest absolute Gasteiger partial charge is 0.0987 e. The number of allylic oxidation sites excluding steroid dienone is 2. The molecule has 1 saturated heterocycles. The maximum Gasteiger partial charge on any atom is 0.0987 e. The van der Waals surface area contributed by atoms with Crippen molar-refractivity contribution < 1.29 is 4.74 Å². The molecule has 2 aliphatic heterocycles. The molecular formula is C16H28O. The summed E-state index contributed by atoms with van der Waals surface area (Å²) in [5.74, 6) is 2.03. The van der Waals surface area contributed by atoms with Crippen molar-refractivity contribution >= 4 is 0 Å². The first kappa shape index (κ1) is 13.0. The van der Waals surface area contributed by atoms with E-state index in [0.717, 1.165) is 5.92 Å². The van der Waals surface area contributed by atoms with Crippen LogP contribution in [0.4, 0.5) is 0 Å². The van der Waals surface area contributed by atoms with E-state index in [0.29, 0.717) is 6.10 Å². The van der Waals surface area contributed by atoms with Gasteiger partial charge in [0.15, 0.2) is 0 Å². The monoisotopic (exact) mass is 236 g/mol. The number of fused-ring (bicyclic) bond motifs is 2. The molecule has 0 aromatic rings. The molecule has 0 spiro atoms. The third-order valence-corrected chi connectivity index (χ3v) is 4.12. The molecule has 2 heterocycles. The fourth-order valence-corrected chi connectivity index (χ4v) is 3.15. The Bertz CT molecular complexity index is 244. The van der Waals surface area contributed by atoms with Gasteiger partial charge in [-0.25, -0.2) is 0 Å². The maximum absolute atomic E-state index is 6.13. The molecule has 0 saturated carbocycles. The molecule has 0 aromatic carbocycles. The molecule has 2 unspecified atom stereocenters. The standard InChI is InChI=1S/C16H28O/c1-14-12-15-10-8-6-4-2-3-5-7-9-11-16(13-14)17-15/h12,14,16H,2-11,13H2,1H3. The lowest BCUT2D eigenvalue weighted by molar-refractivity contribution is 0.0662. The predicted molar refractivity (Wildman–Crippen MR) is 72.9 cm³/mol. The van der Waals surface area contributed by atoms with Crippen LogP contribution in [0.2, 0.25) is 0 Å². The first-order valence-corrected chi connectivity index (χ1v) is 7.72. The fraction of sp³-hybridized carbons (Fsp3) is 0.875.